The average molecular weight is 300 g/mol. The van der Waals surface area contributed by atoms with Crippen molar-refractivity contribution in [2.75, 3.05) is 19.4 Å². The summed E-state index contributed by atoms with van der Waals surface area (Å²) in [5.74, 6) is 0.612. The SMILES string of the molecule is CNC(=O)C1Cc2c(nc(NC)nc2-c2ccccc2)S1. The van der Waals surface area contributed by atoms with Gasteiger partial charge < -0.3 is 10.6 Å². The minimum atomic E-state index is -0.131. The number of amides is 1. The number of carbonyl (C=O) groups excluding carboxylic acids is 1. The highest BCUT2D eigenvalue weighted by molar-refractivity contribution is 8.00. The van der Waals surface area contributed by atoms with Crippen molar-refractivity contribution in [3.8, 4) is 11.3 Å². The van der Waals surface area contributed by atoms with Gasteiger partial charge in [0.25, 0.3) is 0 Å². The Bertz CT molecular complexity index is 675. The molecule has 108 valence electrons. The molecule has 2 heterocycles. The molecule has 0 spiro atoms. The monoisotopic (exact) mass is 300 g/mol. The Morgan fingerprint density at radius 1 is 1.24 bits per heavy atom. The van der Waals surface area contributed by atoms with Crippen molar-refractivity contribution < 1.29 is 4.79 Å². The van der Waals surface area contributed by atoms with Crippen LogP contribution in [0.1, 0.15) is 5.56 Å². The molecule has 2 N–H and O–H groups in total. The number of hydrogen-bond donors (Lipinski definition) is 2. The molecular weight excluding hydrogens is 284 g/mol. The molecule has 1 atom stereocenters. The molecule has 6 heteroatoms. The Morgan fingerprint density at radius 3 is 2.67 bits per heavy atom. The molecule has 1 unspecified atom stereocenters. The molecule has 21 heavy (non-hydrogen) atoms. The number of aromatic nitrogens is 2. The summed E-state index contributed by atoms with van der Waals surface area (Å²) < 4.78 is 0. The highest BCUT2D eigenvalue weighted by atomic mass is 32.2. The van der Waals surface area contributed by atoms with E-state index >= 15 is 0 Å². The van der Waals surface area contributed by atoms with E-state index in [0.717, 1.165) is 21.8 Å². The minimum absolute atomic E-state index is 0.0306. The molecule has 1 aromatic carbocycles. The second-order valence-electron chi connectivity index (χ2n) is 4.72. The quantitative estimate of drug-likeness (QED) is 0.848. The summed E-state index contributed by atoms with van der Waals surface area (Å²) >= 11 is 1.50. The van der Waals surface area contributed by atoms with Gasteiger partial charge in [0.2, 0.25) is 11.9 Å². The first-order valence-electron chi connectivity index (χ1n) is 6.75. The molecule has 0 saturated heterocycles. The Kier molecular flexibility index (Phi) is 3.79. The molecule has 0 saturated carbocycles. The molecule has 1 aliphatic heterocycles. The maximum absolute atomic E-state index is 11.9. The first-order chi connectivity index (χ1) is 10.2. The Hall–Kier alpha value is -2.08. The molecule has 1 aromatic heterocycles. The van der Waals surface area contributed by atoms with Crippen LogP contribution in [0.25, 0.3) is 11.3 Å². The molecule has 2 aromatic rings. The Morgan fingerprint density at radius 2 is 2.00 bits per heavy atom. The number of carbonyl (C=O) groups is 1. The number of thioether (sulfide) groups is 1. The minimum Gasteiger partial charge on any atom is -0.358 e. The van der Waals surface area contributed by atoms with Crippen LogP contribution in [0, 0.1) is 0 Å². The van der Waals surface area contributed by atoms with Crippen LogP contribution < -0.4 is 10.6 Å². The van der Waals surface area contributed by atoms with Crippen molar-refractivity contribution in [2.45, 2.75) is 16.7 Å². The number of fused-ring (bicyclic) bond motifs is 1. The summed E-state index contributed by atoms with van der Waals surface area (Å²) in [4.78, 5) is 21.0. The topological polar surface area (TPSA) is 66.9 Å². The van der Waals surface area contributed by atoms with Gasteiger partial charge in [-0.1, -0.05) is 42.1 Å². The van der Waals surface area contributed by atoms with Gasteiger partial charge in [0.05, 0.1) is 10.9 Å². The van der Waals surface area contributed by atoms with Gasteiger partial charge in [0.15, 0.2) is 0 Å². The van der Waals surface area contributed by atoms with E-state index in [1.54, 1.807) is 14.1 Å². The zero-order chi connectivity index (χ0) is 14.8. The van der Waals surface area contributed by atoms with Crippen LogP contribution >= 0.6 is 11.8 Å². The van der Waals surface area contributed by atoms with Crippen molar-refractivity contribution in [1.82, 2.24) is 15.3 Å². The predicted molar refractivity (Wildman–Crippen MR) is 84.4 cm³/mol. The van der Waals surface area contributed by atoms with E-state index in [9.17, 15) is 4.79 Å². The fourth-order valence-corrected chi connectivity index (χ4v) is 3.57. The second-order valence-corrected chi connectivity index (χ2v) is 5.91. The molecule has 0 bridgehead atoms. The van der Waals surface area contributed by atoms with E-state index in [1.807, 2.05) is 30.3 Å². The van der Waals surface area contributed by atoms with Crippen LogP contribution in [0.4, 0.5) is 5.95 Å². The van der Waals surface area contributed by atoms with E-state index in [2.05, 4.69) is 20.6 Å². The number of hydrogen-bond acceptors (Lipinski definition) is 5. The van der Waals surface area contributed by atoms with Crippen LogP contribution in [-0.2, 0) is 11.2 Å². The summed E-state index contributed by atoms with van der Waals surface area (Å²) in [6.07, 6.45) is 0.661. The van der Waals surface area contributed by atoms with Gasteiger partial charge in [-0.05, 0) is 6.42 Å². The second kappa shape index (κ2) is 5.73. The number of nitrogens with one attached hydrogen (secondary N) is 2. The molecule has 1 aliphatic rings. The molecule has 5 nitrogen and oxygen atoms in total. The fraction of sp³-hybridized carbons (Fsp3) is 0.267. The van der Waals surface area contributed by atoms with Crippen LogP contribution in [0.2, 0.25) is 0 Å². The van der Waals surface area contributed by atoms with Crippen LogP contribution in [0.5, 0.6) is 0 Å². The normalized spacial score (nSPS) is 16.4. The van der Waals surface area contributed by atoms with E-state index < -0.39 is 0 Å². The zero-order valence-electron chi connectivity index (χ0n) is 11.9. The summed E-state index contributed by atoms with van der Waals surface area (Å²) in [5.41, 5.74) is 3.01. The standard InChI is InChI=1S/C15H16N4OS/c1-16-13(20)11-8-10-12(9-6-4-3-5-7-9)18-15(17-2)19-14(10)21-11/h3-7,11H,8H2,1-2H3,(H,16,20)(H,17,18,19). The number of benzene rings is 1. The maximum Gasteiger partial charge on any atom is 0.233 e. The predicted octanol–water partition coefficient (Wildman–Crippen LogP) is 1.95. The Balaban J connectivity index is 2.07. The smallest absolute Gasteiger partial charge is 0.233 e. The van der Waals surface area contributed by atoms with Crippen molar-refractivity contribution in [1.29, 1.82) is 0 Å². The average Bonchev–Trinajstić information content (AvgIpc) is 2.97. The van der Waals surface area contributed by atoms with E-state index in [-0.39, 0.29) is 11.2 Å². The van der Waals surface area contributed by atoms with Crippen molar-refractivity contribution >= 4 is 23.6 Å². The number of anilines is 1. The largest absolute Gasteiger partial charge is 0.358 e. The lowest BCUT2D eigenvalue weighted by atomic mass is 10.0. The van der Waals surface area contributed by atoms with E-state index in [0.29, 0.717) is 12.4 Å². The fourth-order valence-electron chi connectivity index (χ4n) is 2.36. The van der Waals surface area contributed by atoms with Crippen molar-refractivity contribution in [3.63, 3.8) is 0 Å². The van der Waals surface area contributed by atoms with Crippen molar-refractivity contribution in [3.05, 3.63) is 35.9 Å². The Labute approximate surface area is 127 Å². The lowest BCUT2D eigenvalue weighted by Gasteiger charge is -2.09. The van der Waals surface area contributed by atoms with Crippen molar-refractivity contribution in [2.24, 2.45) is 0 Å². The van der Waals surface area contributed by atoms with Gasteiger partial charge in [-0.25, -0.2) is 9.97 Å². The van der Waals surface area contributed by atoms with E-state index in [1.165, 1.54) is 11.8 Å². The third kappa shape index (κ3) is 2.58. The molecule has 1 amide bonds. The van der Waals surface area contributed by atoms with Gasteiger partial charge in [-0.3, -0.25) is 4.79 Å². The molecule has 3 rings (SSSR count). The number of rotatable bonds is 3. The van der Waals surface area contributed by atoms with Crippen LogP contribution in [0.15, 0.2) is 35.4 Å². The van der Waals surface area contributed by atoms with Gasteiger partial charge >= 0.3 is 0 Å². The maximum atomic E-state index is 11.9. The molecule has 0 aliphatic carbocycles. The van der Waals surface area contributed by atoms with Gasteiger partial charge in [-0.15, -0.1) is 0 Å². The lowest BCUT2D eigenvalue weighted by molar-refractivity contribution is -0.120. The van der Waals surface area contributed by atoms with Crippen LogP contribution in [-0.4, -0.2) is 35.2 Å². The summed E-state index contributed by atoms with van der Waals surface area (Å²) in [5, 5.41) is 6.45. The lowest BCUT2D eigenvalue weighted by Crippen LogP contribution is -2.29. The summed E-state index contributed by atoms with van der Waals surface area (Å²) in [6, 6.07) is 10.0. The first-order valence-corrected chi connectivity index (χ1v) is 7.63. The third-order valence-corrected chi connectivity index (χ3v) is 4.65. The number of nitrogens with zero attached hydrogens (tertiary/aromatic N) is 2. The van der Waals surface area contributed by atoms with Gasteiger partial charge in [0, 0.05) is 25.2 Å². The molecule has 0 radical (unpaired) electrons. The first kappa shape index (κ1) is 13.9. The highest BCUT2D eigenvalue weighted by Gasteiger charge is 2.32. The van der Waals surface area contributed by atoms with Gasteiger partial charge in [0.1, 0.15) is 5.03 Å². The third-order valence-electron chi connectivity index (χ3n) is 3.42. The van der Waals surface area contributed by atoms with Gasteiger partial charge in [-0.2, -0.15) is 0 Å². The molecule has 0 fully saturated rings. The van der Waals surface area contributed by atoms with Crippen LogP contribution in [0.3, 0.4) is 0 Å². The zero-order valence-corrected chi connectivity index (χ0v) is 12.7. The van der Waals surface area contributed by atoms with E-state index in [4.69, 9.17) is 0 Å². The summed E-state index contributed by atoms with van der Waals surface area (Å²) in [7, 11) is 3.46. The highest BCUT2D eigenvalue weighted by Crippen LogP contribution is 2.40. The summed E-state index contributed by atoms with van der Waals surface area (Å²) in [6.45, 7) is 0. The molecular formula is C15H16N4OS.